The Morgan fingerprint density at radius 2 is 2.18 bits per heavy atom. The Morgan fingerprint density at radius 3 is 2.76 bits per heavy atom. The second-order valence-electron chi connectivity index (χ2n) is 4.08. The Morgan fingerprint density at radius 1 is 1.41 bits per heavy atom. The standard InChI is InChI=1S/C14H21NO2/c1-4-13(14(16)17-5-2)15-10-12-8-6-7-11(3)9-12/h6-9,13,15H,4-5,10H2,1-3H3. The largest absolute Gasteiger partial charge is 0.465 e. The molecule has 0 radical (unpaired) electrons. The molecule has 17 heavy (non-hydrogen) atoms. The zero-order chi connectivity index (χ0) is 12.7. The second kappa shape index (κ2) is 7.07. The molecule has 0 heterocycles. The molecule has 1 atom stereocenters. The first-order chi connectivity index (χ1) is 8.17. The molecule has 3 nitrogen and oxygen atoms in total. The van der Waals surface area contributed by atoms with Crippen LogP contribution in [-0.2, 0) is 16.1 Å². The molecule has 1 N–H and O–H groups in total. The number of carbonyl (C=O) groups excluding carboxylic acids is 1. The molecule has 3 heteroatoms. The lowest BCUT2D eigenvalue weighted by molar-refractivity contribution is -0.145. The Bertz CT molecular complexity index is 363. The van der Waals surface area contributed by atoms with Crippen LogP contribution in [0.1, 0.15) is 31.4 Å². The van der Waals surface area contributed by atoms with Gasteiger partial charge in [0.1, 0.15) is 6.04 Å². The van der Waals surface area contributed by atoms with E-state index in [1.165, 1.54) is 11.1 Å². The topological polar surface area (TPSA) is 38.3 Å². The average Bonchev–Trinajstić information content (AvgIpc) is 2.30. The summed E-state index contributed by atoms with van der Waals surface area (Å²) in [6.45, 7) is 6.99. The van der Waals surface area contributed by atoms with Crippen molar-refractivity contribution in [3.05, 3.63) is 35.4 Å². The molecule has 0 aliphatic rings. The molecule has 0 saturated carbocycles. The highest BCUT2D eigenvalue weighted by atomic mass is 16.5. The maximum Gasteiger partial charge on any atom is 0.323 e. The van der Waals surface area contributed by atoms with Gasteiger partial charge in [0.15, 0.2) is 0 Å². The van der Waals surface area contributed by atoms with E-state index < -0.39 is 0 Å². The van der Waals surface area contributed by atoms with Crippen LogP contribution in [0.25, 0.3) is 0 Å². The van der Waals surface area contributed by atoms with Crippen molar-refractivity contribution in [3.63, 3.8) is 0 Å². The summed E-state index contributed by atoms with van der Waals surface area (Å²) in [6.07, 6.45) is 0.741. The zero-order valence-corrected chi connectivity index (χ0v) is 10.8. The van der Waals surface area contributed by atoms with Crippen molar-refractivity contribution in [2.45, 2.75) is 39.8 Å². The first kappa shape index (κ1) is 13.7. The first-order valence-electron chi connectivity index (χ1n) is 6.13. The van der Waals surface area contributed by atoms with Crippen LogP contribution < -0.4 is 5.32 Å². The van der Waals surface area contributed by atoms with Gasteiger partial charge in [-0.05, 0) is 25.8 Å². The summed E-state index contributed by atoms with van der Waals surface area (Å²) in [4.78, 5) is 11.6. The third kappa shape index (κ3) is 4.57. The highest BCUT2D eigenvalue weighted by Crippen LogP contribution is 2.05. The van der Waals surface area contributed by atoms with Crippen molar-refractivity contribution in [2.75, 3.05) is 6.61 Å². The maximum absolute atomic E-state index is 11.6. The van der Waals surface area contributed by atoms with Gasteiger partial charge >= 0.3 is 5.97 Å². The third-order valence-corrected chi connectivity index (χ3v) is 2.61. The van der Waals surface area contributed by atoms with Gasteiger partial charge in [-0.2, -0.15) is 0 Å². The fraction of sp³-hybridized carbons (Fsp3) is 0.500. The molecule has 1 aromatic rings. The van der Waals surface area contributed by atoms with Crippen LogP contribution in [0.5, 0.6) is 0 Å². The number of hydrogen-bond donors (Lipinski definition) is 1. The van der Waals surface area contributed by atoms with Gasteiger partial charge in [0.05, 0.1) is 6.61 Å². The minimum Gasteiger partial charge on any atom is -0.465 e. The smallest absolute Gasteiger partial charge is 0.323 e. The number of hydrogen-bond acceptors (Lipinski definition) is 3. The quantitative estimate of drug-likeness (QED) is 0.770. The van der Waals surface area contributed by atoms with Crippen molar-refractivity contribution in [3.8, 4) is 0 Å². The van der Waals surface area contributed by atoms with Crippen molar-refractivity contribution >= 4 is 5.97 Å². The van der Waals surface area contributed by atoms with E-state index in [0.29, 0.717) is 13.2 Å². The highest BCUT2D eigenvalue weighted by molar-refractivity contribution is 5.75. The van der Waals surface area contributed by atoms with Gasteiger partial charge in [-0.3, -0.25) is 4.79 Å². The van der Waals surface area contributed by atoms with E-state index in [1.54, 1.807) is 0 Å². The summed E-state index contributed by atoms with van der Waals surface area (Å²) >= 11 is 0. The maximum atomic E-state index is 11.6. The Balaban J connectivity index is 2.50. The van der Waals surface area contributed by atoms with Gasteiger partial charge in [0, 0.05) is 6.54 Å². The van der Waals surface area contributed by atoms with E-state index in [9.17, 15) is 4.79 Å². The van der Waals surface area contributed by atoms with Gasteiger partial charge in [-0.15, -0.1) is 0 Å². The number of aryl methyl sites for hydroxylation is 1. The van der Waals surface area contributed by atoms with Crippen LogP contribution in [-0.4, -0.2) is 18.6 Å². The molecular weight excluding hydrogens is 214 g/mol. The Hall–Kier alpha value is -1.35. The normalized spacial score (nSPS) is 12.2. The summed E-state index contributed by atoms with van der Waals surface area (Å²) in [5, 5.41) is 3.22. The monoisotopic (exact) mass is 235 g/mol. The number of benzene rings is 1. The van der Waals surface area contributed by atoms with E-state index in [0.717, 1.165) is 6.42 Å². The summed E-state index contributed by atoms with van der Waals surface area (Å²) in [5.74, 6) is -0.164. The number of ether oxygens (including phenoxy) is 1. The predicted molar refractivity (Wildman–Crippen MR) is 68.7 cm³/mol. The molecule has 0 bridgehead atoms. The average molecular weight is 235 g/mol. The summed E-state index contributed by atoms with van der Waals surface area (Å²) in [7, 11) is 0. The molecule has 0 fully saturated rings. The van der Waals surface area contributed by atoms with E-state index in [1.807, 2.05) is 19.9 Å². The zero-order valence-electron chi connectivity index (χ0n) is 10.8. The molecule has 0 aromatic heterocycles. The van der Waals surface area contributed by atoms with Crippen molar-refractivity contribution in [1.29, 1.82) is 0 Å². The summed E-state index contributed by atoms with van der Waals surface area (Å²) < 4.78 is 5.01. The van der Waals surface area contributed by atoms with Crippen molar-refractivity contribution in [2.24, 2.45) is 0 Å². The van der Waals surface area contributed by atoms with Crippen molar-refractivity contribution in [1.82, 2.24) is 5.32 Å². The van der Waals surface area contributed by atoms with Crippen LogP contribution in [0.4, 0.5) is 0 Å². The lowest BCUT2D eigenvalue weighted by Gasteiger charge is -2.15. The third-order valence-electron chi connectivity index (χ3n) is 2.61. The Kier molecular flexibility index (Phi) is 5.70. The van der Waals surface area contributed by atoms with Gasteiger partial charge in [0.2, 0.25) is 0 Å². The number of esters is 1. The lowest BCUT2D eigenvalue weighted by atomic mass is 10.1. The predicted octanol–water partition coefficient (Wildman–Crippen LogP) is 2.43. The molecule has 1 aromatic carbocycles. The van der Waals surface area contributed by atoms with E-state index in [-0.39, 0.29) is 12.0 Å². The molecule has 0 spiro atoms. The number of carbonyl (C=O) groups is 1. The SMILES string of the molecule is CCOC(=O)C(CC)NCc1cccc(C)c1. The molecular formula is C14H21NO2. The van der Waals surface area contributed by atoms with Gasteiger partial charge in [0.25, 0.3) is 0 Å². The molecule has 0 aliphatic carbocycles. The fourth-order valence-corrected chi connectivity index (χ4v) is 1.70. The molecule has 1 rings (SSSR count). The Labute approximate surface area is 103 Å². The summed E-state index contributed by atoms with van der Waals surface area (Å²) in [6, 6.07) is 8.04. The first-order valence-corrected chi connectivity index (χ1v) is 6.13. The molecule has 94 valence electrons. The molecule has 0 amide bonds. The van der Waals surface area contributed by atoms with Crippen LogP contribution in [0.2, 0.25) is 0 Å². The molecule has 1 unspecified atom stereocenters. The lowest BCUT2D eigenvalue weighted by Crippen LogP contribution is -2.37. The van der Waals surface area contributed by atoms with Gasteiger partial charge < -0.3 is 10.1 Å². The number of nitrogens with one attached hydrogen (secondary N) is 1. The van der Waals surface area contributed by atoms with E-state index in [2.05, 4.69) is 30.4 Å². The minimum atomic E-state index is -0.213. The minimum absolute atomic E-state index is 0.164. The van der Waals surface area contributed by atoms with E-state index >= 15 is 0 Å². The van der Waals surface area contributed by atoms with Crippen LogP contribution in [0.3, 0.4) is 0 Å². The van der Waals surface area contributed by atoms with Gasteiger partial charge in [-0.1, -0.05) is 36.8 Å². The molecule has 0 aliphatic heterocycles. The van der Waals surface area contributed by atoms with Crippen LogP contribution in [0.15, 0.2) is 24.3 Å². The second-order valence-corrected chi connectivity index (χ2v) is 4.08. The molecule has 0 saturated heterocycles. The van der Waals surface area contributed by atoms with Crippen LogP contribution in [0, 0.1) is 6.92 Å². The highest BCUT2D eigenvalue weighted by Gasteiger charge is 2.16. The number of rotatable bonds is 6. The fourth-order valence-electron chi connectivity index (χ4n) is 1.70. The summed E-state index contributed by atoms with van der Waals surface area (Å²) in [5.41, 5.74) is 2.42. The van der Waals surface area contributed by atoms with E-state index in [4.69, 9.17) is 4.74 Å². The van der Waals surface area contributed by atoms with Gasteiger partial charge in [-0.25, -0.2) is 0 Å². The van der Waals surface area contributed by atoms with Crippen molar-refractivity contribution < 1.29 is 9.53 Å². The van der Waals surface area contributed by atoms with Crippen LogP contribution >= 0.6 is 0 Å².